The number of rotatable bonds is 6. The zero-order valence-corrected chi connectivity index (χ0v) is 16.3. The molecule has 3 aromatic rings. The highest BCUT2D eigenvalue weighted by atomic mass is 32.2. The number of amides is 1. The Balaban J connectivity index is 1.93. The van der Waals surface area contributed by atoms with Gasteiger partial charge < -0.3 is 5.32 Å². The standard InChI is InChI=1S/C18H16F3N5O3S/c1-26-11-23-17(24-26)25-30(28,29)15-9-14(18(19,20)21)8-7-13(15)10-22-16(27)12-5-3-2-4-6-12/h2-9,11H,10H2,1H3,(H,22,27)(H,24,25). The van der Waals surface area contributed by atoms with E-state index in [4.69, 9.17) is 0 Å². The van der Waals surface area contributed by atoms with Crippen LogP contribution in [0.2, 0.25) is 0 Å². The lowest BCUT2D eigenvalue weighted by Gasteiger charge is -2.15. The van der Waals surface area contributed by atoms with Crippen LogP contribution >= 0.6 is 0 Å². The van der Waals surface area contributed by atoms with Crippen molar-refractivity contribution in [1.82, 2.24) is 20.1 Å². The van der Waals surface area contributed by atoms with Crippen molar-refractivity contribution < 1.29 is 26.4 Å². The lowest BCUT2D eigenvalue weighted by Crippen LogP contribution is -2.25. The third-order valence-corrected chi connectivity index (χ3v) is 5.39. The van der Waals surface area contributed by atoms with E-state index in [1.807, 2.05) is 4.72 Å². The summed E-state index contributed by atoms with van der Waals surface area (Å²) in [6.07, 6.45) is -3.52. The van der Waals surface area contributed by atoms with E-state index in [2.05, 4.69) is 15.4 Å². The monoisotopic (exact) mass is 439 g/mol. The third-order valence-electron chi connectivity index (χ3n) is 3.98. The fourth-order valence-corrected chi connectivity index (χ4v) is 3.77. The van der Waals surface area contributed by atoms with Crippen molar-refractivity contribution in [3.63, 3.8) is 0 Å². The zero-order valence-electron chi connectivity index (χ0n) is 15.5. The Morgan fingerprint density at radius 1 is 1.13 bits per heavy atom. The van der Waals surface area contributed by atoms with E-state index in [0.29, 0.717) is 11.6 Å². The molecule has 0 atom stereocenters. The fourth-order valence-electron chi connectivity index (χ4n) is 2.56. The molecule has 8 nitrogen and oxygen atoms in total. The van der Waals surface area contributed by atoms with Gasteiger partial charge in [-0.05, 0) is 29.8 Å². The van der Waals surface area contributed by atoms with Crippen molar-refractivity contribution in [3.8, 4) is 0 Å². The maximum atomic E-state index is 13.1. The smallest absolute Gasteiger partial charge is 0.348 e. The van der Waals surface area contributed by atoms with Crippen LogP contribution in [0.25, 0.3) is 0 Å². The number of carbonyl (C=O) groups excluding carboxylic acids is 1. The van der Waals surface area contributed by atoms with Crippen molar-refractivity contribution in [2.24, 2.45) is 7.05 Å². The minimum Gasteiger partial charge on any atom is -0.348 e. The summed E-state index contributed by atoms with van der Waals surface area (Å²) >= 11 is 0. The number of hydrogen-bond donors (Lipinski definition) is 2. The Morgan fingerprint density at radius 2 is 1.83 bits per heavy atom. The van der Waals surface area contributed by atoms with Crippen molar-refractivity contribution in [1.29, 1.82) is 0 Å². The minimum atomic E-state index is -4.75. The summed E-state index contributed by atoms with van der Waals surface area (Å²) in [5.74, 6) is -0.799. The normalized spacial score (nSPS) is 11.9. The maximum absolute atomic E-state index is 13.1. The van der Waals surface area contributed by atoms with Crippen molar-refractivity contribution >= 4 is 21.9 Å². The van der Waals surface area contributed by atoms with Crippen LogP contribution in [-0.4, -0.2) is 29.1 Å². The Hall–Kier alpha value is -3.41. The molecule has 12 heteroatoms. The lowest BCUT2D eigenvalue weighted by molar-refractivity contribution is -0.137. The van der Waals surface area contributed by atoms with E-state index in [1.54, 1.807) is 30.3 Å². The Labute approximate surface area is 169 Å². The second-order valence-corrected chi connectivity index (χ2v) is 7.87. The summed E-state index contributed by atoms with van der Waals surface area (Å²) in [5, 5.41) is 6.27. The van der Waals surface area contributed by atoms with Crippen molar-refractivity contribution in [3.05, 3.63) is 71.5 Å². The molecule has 2 aromatic carbocycles. The second-order valence-electron chi connectivity index (χ2n) is 6.22. The van der Waals surface area contributed by atoms with Gasteiger partial charge in [-0.25, -0.2) is 13.1 Å². The molecule has 0 saturated carbocycles. The summed E-state index contributed by atoms with van der Waals surface area (Å²) in [6.45, 7) is -0.308. The first-order valence-electron chi connectivity index (χ1n) is 8.48. The lowest BCUT2D eigenvalue weighted by atomic mass is 10.1. The number of halogens is 3. The topological polar surface area (TPSA) is 106 Å². The van der Waals surface area contributed by atoms with Gasteiger partial charge in [-0.1, -0.05) is 24.3 Å². The van der Waals surface area contributed by atoms with E-state index in [9.17, 15) is 26.4 Å². The molecule has 2 N–H and O–H groups in total. The van der Waals surface area contributed by atoms with Crippen molar-refractivity contribution in [2.45, 2.75) is 17.6 Å². The fraction of sp³-hybridized carbons (Fsp3) is 0.167. The first-order chi connectivity index (χ1) is 14.1. The molecule has 1 amide bonds. The SMILES string of the molecule is Cn1cnc(NS(=O)(=O)c2cc(C(F)(F)F)ccc2CNC(=O)c2ccccc2)n1. The quantitative estimate of drug-likeness (QED) is 0.614. The Bertz CT molecular complexity index is 1160. The Kier molecular flexibility index (Phi) is 5.78. The first-order valence-corrected chi connectivity index (χ1v) is 9.96. The van der Waals surface area contributed by atoms with Gasteiger partial charge >= 0.3 is 6.18 Å². The van der Waals surface area contributed by atoms with E-state index in [-0.39, 0.29) is 18.1 Å². The average molecular weight is 439 g/mol. The number of sulfonamides is 1. The second kappa shape index (κ2) is 8.14. The van der Waals surface area contributed by atoms with Crippen LogP contribution in [0, 0.1) is 0 Å². The molecule has 0 fully saturated rings. The molecule has 1 aromatic heterocycles. The first kappa shape index (κ1) is 21.3. The van der Waals surface area contributed by atoms with E-state index in [0.717, 1.165) is 12.1 Å². The average Bonchev–Trinajstić information content (AvgIpc) is 3.09. The summed E-state index contributed by atoms with van der Waals surface area (Å²) < 4.78 is 68.2. The number of anilines is 1. The summed E-state index contributed by atoms with van der Waals surface area (Å²) in [7, 11) is -2.97. The predicted molar refractivity (Wildman–Crippen MR) is 101 cm³/mol. The number of nitrogens with one attached hydrogen (secondary N) is 2. The molecule has 0 spiro atoms. The predicted octanol–water partition coefficient (Wildman–Crippen LogP) is 2.56. The zero-order chi connectivity index (χ0) is 21.9. The van der Waals surface area contributed by atoms with E-state index < -0.39 is 32.6 Å². The number of hydrogen-bond acceptors (Lipinski definition) is 5. The van der Waals surface area contributed by atoms with Gasteiger partial charge in [0.15, 0.2) is 0 Å². The number of benzene rings is 2. The van der Waals surface area contributed by atoms with Crippen LogP contribution in [0.1, 0.15) is 21.5 Å². The van der Waals surface area contributed by atoms with Gasteiger partial charge in [0.2, 0.25) is 0 Å². The molecule has 158 valence electrons. The van der Waals surface area contributed by atoms with Crippen molar-refractivity contribution in [2.75, 3.05) is 4.72 Å². The molecule has 0 saturated heterocycles. The van der Waals surface area contributed by atoms with E-state index >= 15 is 0 Å². The third kappa shape index (κ3) is 4.95. The summed E-state index contributed by atoms with van der Waals surface area (Å²) in [5.41, 5.74) is -0.852. The van der Waals surface area contributed by atoms with Crippen LogP contribution < -0.4 is 10.0 Å². The molecule has 0 aliphatic heterocycles. The molecule has 0 unspecified atom stereocenters. The minimum absolute atomic E-state index is 0.0317. The Morgan fingerprint density at radius 3 is 2.43 bits per heavy atom. The number of alkyl halides is 3. The van der Waals surface area contributed by atoms with Gasteiger partial charge in [0.1, 0.15) is 6.33 Å². The molecule has 1 heterocycles. The van der Waals surface area contributed by atoms with Crippen LogP contribution in [0.5, 0.6) is 0 Å². The van der Waals surface area contributed by atoms with Gasteiger partial charge in [0.25, 0.3) is 21.9 Å². The van der Waals surface area contributed by atoms with Crippen LogP contribution in [0.3, 0.4) is 0 Å². The van der Waals surface area contributed by atoms with Gasteiger partial charge in [0, 0.05) is 19.2 Å². The van der Waals surface area contributed by atoms with Crippen LogP contribution in [0.15, 0.2) is 59.8 Å². The highest BCUT2D eigenvalue weighted by Gasteiger charge is 2.33. The number of aryl methyl sites for hydroxylation is 1. The highest BCUT2D eigenvalue weighted by molar-refractivity contribution is 7.92. The molecular formula is C18H16F3N5O3S. The van der Waals surface area contributed by atoms with Gasteiger partial charge in [-0.2, -0.15) is 18.2 Å². The van der Waals surface area contributed by atoms with E-state index in [1.165, 1.54) is 18.1 Å². The molecule has 3 rings (SSSR count). The molecule has 0 radical (unpaired) electrons. The van der Waals surface area contributed by atoms with Gasteiger partial charge in [-0.3, -0.25) is 9.48 Å². The summed E-state index contributed by atoms with van der Waals surface area (Å²) in [4.78, 5) is 15.3. The van der Waals surface area contributed by atoms with Gasteiger partial charge in [-0.15, -0.1) is 5.10 Å². The van der Waals surface area contributed by atoms with Crippen LogP contribution in [-0.2, 0) is 29.8 Å². The molecular weight excluding hydrogens is 423 g/mol. The molecule has 30 heavy (non-hydrogen) atoms. The summed E-state index contributed by atoms with van der Waals surface area (Å²) in [6, 6.07) is 10.4. The molecule has 0 aliphatic carbocycles. The maximum Gasteiger partial charge on any atom is 0.416 e. The number of nitrogens with zero attached hydrogens (tertiary/aromatic N) is 3. The largest absolute Gasteiger partial charge is 0.416 e. The van der Waals surface area contributed by atoms with Crippen LogP contribution in [0.4, 0.5) is 19.1 Å². The number of carbonyl (C=O) groups is 1. The number of aromatic nitrogens is 3. The molecule has 0 aliphatic rings. The highest BCUT2D eigenvalue weighted by Crippen LogP contribution is 2.32. The van der Waals surface area contributed by atoms with Gasteiger partial charge in [0.05, 0.1) is 10.5 Å². The molecule has 0 bridgehead atoms.